The number of nitrogens with zero attached hydrogens (tertiary/aromatic N) is 1. The fraction of sp³-hybridized carbons (Fsp3) is 0.615. The van der Waals surface area contributed by atoms with Crippen LogP contribution in [-0.2, 0) is 5.54 Å². The molecule has 0 aromatic carbocycles. The second-order valence-electron chi connectivity index (χ2n) is 5.15. The van der Waals surface area contributed by atoms with Crippen molar-refractivity contribution in [1.82, 2.24) is 4.98 Å². The first kappa shape index (κ1) is 9.34. The minimum absolute atomic E-state index is 0.0808. The number of aryl methyl sites for hydroxylation is 1. The standard InChI is InChI=1S/C13H18N2/c1-9-6-7-15-12(8-9)13(14)10-4-2-3-5-11(10)13/h6-8,10-11H,2-5,14H2,1H3. The van der Waals surface area contributed by atoms with E-state index in [-0.39, 0.29) is 5.54 Å². The van der Waals surface area contributed by atoms with E-state index in [1.54, 1.807) is 0 Å². The van der Waals surface area contributed by atoms with Crippen LogP contribution in [0.5, 0.6) is 0 Å². The van der Waals surface area contributed by atoms with Gasteiger partial charge in [-0.15, -0.1) is 0 Å². The molecule has 0 bridgehead atoms. The molecule has 0 amide bonds. The lowest BCUT2D eigenvalue weighted by atomic mass is 10.0. The summed E-state index contributed by atoms with van der Waals surface area (Å²) in [6.07, 6.45) is 7.20. The van der Waals surface area contributed by atoms with Crippen molar-refractivity contribution >= 4 is 0 Å². The van der Waals surface area contributed by atoms with Crippen molar-refractivity contribution in [2.24, 2.45) is 17.6 Å². The third-order valence-electron chi connectivity index (χ3n) is 4.24. The quantitative estimate of drug-likeness (QED) is 0.759. The van der Waals surface area contributed by atoms with Gasteiger partial charge >= 0.3 is 0 Å². The zero-order chi connectivity index (χ0) is 10.5. The van der Waals surface area contributed by atoms with E-state index in [9.17, 15) is 0 Å². The van der Waals surface area contributed by atoms with Gasteiger partial charge in [-0.2, -0.15) is 0 Å². The molecular weight excluding hydrogens is 184 g/mol. The van der Waals surface area contributed by atoms with Gasteiger partial charge in [-0.25, -0.2) is 0 Å². The minimum Gasteiger partial charge on any atom is -0.320 e. The molecule has 0 spiro atoms. The Morgan fingerprint density at radius 2 is 2.00 bits per heavy atom. The Morgan fingerprint density at radius 3 is 2.60 bits per heavy atom. The van der Waals surface area contributed by atoms with Crippen LogP contribution in [0.15, 0.2) is 18.3 Å². The van der Waals surface area contributed by atoms with Crippen molar-refractivity contribution in [3.8, 4) is 0 Å². The lowest BCUT2D eigenvalue weighted by molar-refractivity contribution is 0.480. The Bertz CT molecular complexity index is 374. The van der Waals surface area contributed by atoms with Crippen molar-refractivity contribution < 1.29 is 0 Å². The maximum absolute atomic E-state index is 6.52. The highest BCUT2D eigenvalue weighted by molar-refractivity contribution is 5.32. The van der Waals surface area contributed by atoms with Gasteiger partial charge in [0.25, 0.3) is 0 Å². The van der Waals surface area contributed by atoms with Gasteiger partial charge in [-0.05, 0) is 49.3 Å². The molecule has 2 nitrogen and oxygen atoms in total. The Morgan fingerprint density at radius 1 is 1.33 bits per heavy atom. The van der Waals surface area contributed by atoms with Crippen LogP contribution in [0.3, 0.4) is 0 Å². The van der Waals surface area contributed by atoms with E-state index in [4.69, 9.17) is 5.73 Å². The molecule has 2 saturated carbocycles. The summed E-state index contributed by atoms with van der Waals surface area (Å²) in [6, 6.07) is 4.21. The fourth-order valence-corrected chi connectivity index (χ4v) is 3.32. The number of hydrogen-bond acceptors (Lipinski definition) is 2. The van der Waals surface area contributed by atoms with Gasteiger partial charge in [-0.1, -0.05) is 12.8 Å². The Hall–Kier alpha value is -0.890. The summed E-state index contributed by atoms with van der Waals surface area (Å²) in [4.78, 5) is 4.47. The van der Waals surface area contributed by atoms with Crippen LogP contribution in [-0.4, -0.2) is 4.98 Å². The first-order valence-corrected chi connectivity index (χ1v) is 5.95. The Labute approximate surface area is 90.9 Å². The summed E-state index contributed by atoms with van der Waals surface area (Å²) in [5.74, 6) is 1.42. The van der Waals surface area contributed by atoms with E-state index >= 15 is 0 Å². The topological polar surface area (TPSA) is 38.9 Å². The van der Waals surface area contributed by atoms with E-state index in [2.05, 4.69) is 18.0 Å². The van der Waals surface area contributed by atoms with E-state index in [1.807, 2.05) is 12.3 Å². The molecule has 2 fully saturated rings. The fourth-order valence-electron chi connectivity index (χ4n) is 3.32. The molecule has 2 heteroatoms. The average Bonchev–Trinajstić information content (AvgIpc) is 2.87. The van der Waals surface area contributed by atoms with Gasteiger partial charge in [0, 0.05) is 6.20 Å². The molecule has 2 N–H and O–H groups in total. The predicted octanol–water partition coefficient (Wildman–Crippen LogP) is 2.36. The van der Waals surface area contributed by atoms with Gasteiger partial charge in [0.2, 0.25) is 0 Å². The summed E-state index contributed by atoms with van der Waals surface area (Å²) in [7, 11) is 0. The van der Waals surface area contributed by atoms with Crippen LogP contribution in [0, 0.1) is 18.8 Å². The van der Waals surface area contributed by atoms with E-state index < -0.39 is 0 Å². The smallest absolute Gasteiger partial charge is 0.0647 e. The monoisotopic (exact) mass is 202 g/mol. The third kappa shape index (κ3) is 1.24. The molecule has 15 heavy (non-hydrogen) atoms. The van der Waals surface area contributed by atoms with E-state index in [0.29, 0.717) is 11.8 Å². The minimum atomic E-state index is -0.0808. The molecule has 1 heterocycles. The SMILES string of the molecule is Cc1ccnc(C2(N)C3CCCCC32)c1. The van der Waals surface area contributed by atoms with Gasteiger partial charge in [0.15, 0.2) is 0 Å². The first-order chi connectivity index (χ1) is 7.23. The van der Waals surface area contributed by atoms with E-state index in [1.165, 1.54) is 31.2 Å². The van der Waals surface area contributed by atoms with Gasteiger partial charge in [0.05, 0.1) is 11.2 Å². The molecule has 2 aliphatic rings. The maximum Gasteiger partial charge on any atom is 0.0647 e. The largest absolute Gasteiger partial charge is 0.320 e. The number of pyridine rings is 1. The van der Waals surface area contributed by atoms with Crippen LogP contribution in [0.25, 0.3) is 0 Å². The molecule has 80 valence electrons. The molecule has 0 saturated heterocycles. The lowest BCUT2D eigenvalue weighted by Crippen LogP contribution is -2.25. The van der Waals surface area contributed by atoms with Crippen molar-refractivity contribution in [3.63, 3.8) is 0 Å². The molecule has 2 atom stereocenters. The van der Waals surface area contributed by atoms with E-state index in [0.717, 1.165) is 5.69 Å². The summed E-state index contributed by atoms with van der Waals surface area (Å²) >= 11 is 0. The highest BCUT2D eigenvalue weighted by Crippen LogP contribution is 2.62. The van der Waals surface area contributed by atoms with Crippen molar-refractivity contribution in [2.45, 2.75) is 38.1 Å². The number of nitrogens with two attached hydrogens (primary N) is 1. The second-order valence-corrected chi connectivity index (χ2v) is 5.15. The zero-order valence-electron chi connectivity index (χ0n) is 9.24. The van der Waals surface area contributed by atoms with Crippen LogP contribution < -0.4 is 5.73 Å². The highest BCUT2D eigenvalue weighted by atomic mass is 15.0. The highest BCUT2D eigenvalue weighted by Gasteiger charge is 2.63. The molecule has 0 radical (unpaired) electrons. The van der Waals surface area contributed by atoms with Crippen molar-refractivity contribution in [2.75, 3.05) is 0 Å². The molecule has 0 aliphatic heterocycles. The average molecular weight is 202 g/mol. The van der Waals surface area contributed by atoms with Gasteiger partial charge in [-0.3, -0.25) is 4.98 Å². The molecular formula is C13H18N2. The first-order valence-electron chi connectivity index (χ1n) is 5.95. The summed E-state index contributed by atoms with van der Waals surface area (Å²) in [5.41, 5.74) is 8.84. The zero-order valence-corrected chi connectivity index (χ0v) is 9.24. The van der Waals surface area contributed by atoms with Crippen LogP contribution in [0.1, 0.15) is 36.9 Å². The molecule has 2 aliphatic carbocycles. The van der Waals surface area contributed by atoms with Gasteiger partial charge in [0.1, 0.15) is 0 Å². The molecule has 1 aromatic rings. The second kappa shape index (κ2) is 3.05. The summed E-state index contributed by atoms with van der Waals surface area (Å²) < 4.78 is 0. The number of rotatable bonds is 1. The summed E-state index contributed by atoms with van der Waals surface area (Å²) in [6.45, 7) is 2.11. The number of aromatic nitrogens is 1. The number of hydrogen-bond donors (Lipinski definition) is 1. The van der Waals surface area contributed by atoms with Crippen molar-refractivity contribution in [3.05, 3.63) is 29.6 Å². The maximum atomic E-state index is 6.52. The third-order valence-corrected chi connectivity index (χ3v) is 4.24. The van der Waals surface area contributed by atoms with Crippen LogP contribution in [0.4, 0.5) is 0 Å². The Balaban J connectivity index is 1.94. The lowest BCUT2D eigenvalue weighted by Gasteiger charge is -2.11. The van der Waals surface area contributed by atoms with Crippen molar-refractivity contribution in [1.29, 1.82) is 0 Å². The molecule has 1 aromatic heterocycles. The Kier molecular flexibility index (Phi) is 1.90. The summed E-state index contributed by atoms with van der Waals surface area (Å²) in [5, 5.41) is 0. The normalized spacial score (nSPS) is 38.5. The van der Waals surface area contributed by atoms with Crippen LogP contribution >= 0.6 is 0 Å². The molecule has 2 unspecified atom stereocenters. The predicted molar refractivity (Wildman–Crippen MR) is 60.3 cm³/mol. The van der Waals surface area contributed by atoms with Crippen LogP contribution in [0.2, 0.25) is 0 Å². The number of fused-ring (bicyclic) bond motifs is 1. The molecule has 3 rings (SSSR count). The van der Waals surface area contributed by atoms with Gasteiger partial charge < -0.3 is 5.73 Å².